The SMILES string of the molecule is CO[C@H]1/C=C/C[C@H](C)C[S@@](=O)(NC(=O)N[C@@H]2C[C@@H]2F)=NC(=O)c2ccc3c(c2)N(C[C@@H]2CC[C@H]21)C[C@@]1(CCCc2cc(C)ccc21)CO3. The Bertz CT molecular complexity index is 1740. The third-order valence-corrected chi connectivity index (χ3v) is 13.0. The van der Waals surface area contributed by atoms with Crippen LogP contribution in [0.1, 0.15) is 72.5 Å². The van der Waals surface area contributed by atoms with Gasteiger partial charge >= 0.3 is 6.03 Å². The lowest BCUT2D eigenvalue weighted by Gasteiger charge is -2.46. The molecule has 2 N–H and O–H groups in total. The Morgan fingerprint density at radius 2 is 2.04 bits per heavy atom. The van der Waals surface area contributed by atoms with Crippen LogP contribution in [0.2, 0.25) is 0 Å². The fourth-order valence-corrected chi connectivity index (χ4v) is 10.0. The van der Waals surface area contributed by atoms with E-state index < -0.39 is 34.1 Å². The van der Waals surface area contributed by atoms with Gasteiger partial charge in [0.05, 0.1) is 30.2 Å². The lowest BCUT2D eigenvalue weighted by atomic mass is 9.68. The molecule has 0 unspecified atom stereocenters. The Kier molecular flexibility index (Phi) is 9.04. The van der Waals surface area contributed by atoms with Crippen molar-refractivity contribution in [2.75, 3.05) is 37.5 Å². The summed E-state index contributed by atoms with van der Waals surface area (Å²) < 4.78 is 47.0. The monoisotopic (exact) mass is 678 g/mol. The standard InChI is InChI=1S/C37H47FN4O5S/c1-23-9-13-29-25(16-23)7-5-15-37(29)21-42-19-27-10-12-28(27)33(46-3)8-4-6-24(2)20-48(45,41-36(44)39-31-18-30(31)38)40-35(43)26-11-14-34(47-22-37)32(42)17-26/h4,8-9,11,13-14,16-17,24,27-28,30-31,33H,5-7,10,12,15,18-22H2,1-3H3,(H2,39,40,41,43,44,45)/b8-4+/t24-,27-,28+,30-,31+,33-,37-,48-/m0/s1. The van der Waals surface area contributed by atoms with Gasteiger partial charge in [0.15, 0.2) is 0 Å². The predicted molar refractivity (Wildman–Crippen MR) is 185 cm³/mol. The molecule has 0 radical (unpaired) electrons. The van der Waals surface area contributed by atoms with Crippen LogP contribution in [0, 0.1) is 24.7 Å². The summed E-state index contributed by atoms with van der Waals surface area (Å²) in [5, 5.41) is 2.50. The van der Waals surface area contributed by atoms with Gasteiger partial charge in [0, 0.05) is 37.6 Å². The molecule has 0 aromatic heterocycles. The second-order valence-corrected chi connectivity index (χ2v) is 16.8. The first-order valence-electron chi connectivity index (χ1n) is 17.4. The summed E-state index contributed by atoms with van der Waals surface area (Å²) in [6, 6.07) is 10.7. The Hall–Kier alpha value is -3.44. The van der Waals surface area contributed by atoms with E-state index in [1.165, 1.54) is 16.7 Å². The van der Waals surface area contributed by atoms with Crippen LogP contribution in [0.4, 0.5) is 14.9 Å². The summed E-state index contributed by atoms with van der Waals surface area (Å²) >= 11 is 0. The number of anilines is 1. The lowest BCUT2D eigenvalue weighted by Crippen LogP contribution is -2.49. The summed E-state index contributed by atoms with van der Waals surface area (Å²) in [7, 11) is -1.79. The van der Waals surface area contributed by atoms with Crippen molar-refractivity contribution in [1.29, 1.82) is 0 Å². The van der Waals surface area contributed by atoms with Crippen molar-refractivity contribution in [2.24, 2.45) is 22.1 Å². The molecule has 2 aromatic carbocycles. The Balaban J connectivity index is 1.28. The number of allylic oxidation sites excluding steroid dienone is 1. The normalized spacial score (nSPS) is 35.1. The molecule has 2 fully saturated rings. The Morgan fingerprint density at radius 1 is 1.21 bits per heavy atom. The molecule has 0 saturated heterocycles. The molecule has 8 atom stereocenters. The molecular formula is C37H47FN4O5S. The van der Waals surface area contributed by atoms with Crippen LogP contribution in [-0.2, 0) is 26.5 Å². The number of hydrogen-bond donors (Lipinski definition) is 2. The van der Waals surface area contributed by atoms with Crippen molar-refractivity contribution in [3.05, 3.63) is 70.8 Å². The Labute approximate surface area is 283 Å². The zero-order valence-electron chi connectivity index (χ0n) is 28.1. The van der Waals surface area contributed by atoms with Crippen LogP contribution < -0.4 is 19.7 Å². The maximum Gasteiger partial charge on any atom is 0.327 e. The summed E-state index contributed by atoms with van der Waals surface area (Å²) in [6.07, 6.45) is 9.07. The fraction of sp³-hybridized carbons (Fsp3) is 0.568. The Morgan fingerprint density at radius 3 is 2.79 bits per heavy atom. The van der Waals surface area contributed by atoms with Gasteiger partial charge in [0.25, 0.3) is 5.91 Å². The van der Waals surface area contributed by atoms with E-state index >= 15 is 0 Å². The van der Waals surface area contributed by atoms with Crippen molar-refractivity contribution in [1.82, 2.24) is 10.0 Å². The summed E-state index contributed by atoms with van der Waals surface area (Å²) in [5.74, 6) is 0.569. The molecule has 11 heteroatoms. The van der Waals surface area contributed by atoms with Crippen LogP contribution in [-0.4, -0.2) is 67.0 Å². The number of halogens is 1. The average Bonchev–Trinajstić information content (AvgIpc) is 3.75. The third kappa shape index (κ3) is 6.72. The second-order valence-electron chi connectivity index (χ2n) is 14.8. The highest BCUT2D eigenvalue weighted by molar-refractivity contribution is 7.92. The topological polar surface area (TPSA) is 109 Å². The highest BCUT2D eigenvalue weighted by Gasteiger charge is 2.44. The van der Waals surface area contributed by atoms with E-state index in [4.69, 9.17) is 9.47 Å². The second kappa shape index (κ2) is 13.1. The molecule has 2 heterocycles. The molecule has 9 nitrogen and oxygen atoms in total. The molecule has 7 rings (SSSR count). The van der Waals surface area contributed by atoms with Gasteiger partial charge in [0.2, 0.25) is 0 Å². The fourth-order valence-electron chi connectivity index (χ4n) is 8.18. The number of carbonyl (C=O) groups is 2. The van der Waals surface area contributed by atoms with E-state index in [-0.39, 0.29) is 35.2 Å². The summed E-state index contributed by atoms with van der Waals surface area (Å²) in [6.45, 7) is 6.12. The molecule has 1 spiro atoms. The van der Waals surface area contributed by atoms with Gasteiger partial charge in [-0.2, -0.15) is 0 Å². The number of carbonyl (C=O) groups excluding carboxylic acids is 2. The zero-order valence-corrected chi connectivity index (χ0v) is 28.9. The zero-order chi connectivity index (χ0) is 33.6. The number of ether oxygens (including phenoxy) is 2. The van der Waals surface area contributed by atoms with Crippen LogP contribution in [0.15, 0.2) is 52.9 Å². The maximum atomic E-state index is 14.2. The minimum Gasteiger partial charge on any atom is -0.490 e. The highest BCUT2D eigenvalue weighted by atomic mass is 32.2. The minimum absolute atomic E-state index is 0.0362. The van der Waals surface area contributed by atoms with Crippen LogP contribution in [0.3, 0.4) is 0 Å². The number of benzene rings is 2. The number of aryl methyl sites for hydroxylation is 2. The van der Waals surface area contributed by atoms with Crippen LogP contribution in [0.5, 0.6) is 5.75 Å². The van der Waals surface area contributed by atoms with Gasteiger partial charge in [0.1, 0.15) is 21.8 Å². The molecule has 3 amide bonds. The van der Waals surface area contributed by atoms with Gasteiger partial charge in [-0.3, -0.25) is 9.52 Å². The third-order valence-electron chi connectivity index (χ3n) is 11.0. The van der Waals surface area contributed by atoms with Gasteiger partial charge in [-0.1, -0.05) is 42.8 Å². The number of hydrogen-bond acceptors (Lipinski definition) is 6. The van der Waals surface area contributed by atoms with Crippen LogP contribution in [0.25, 0.3) is 0 Å². The molecular weight excluding hydrogens is 631 g/mol. The predicted octanol–water partition coefficient (Wildman–Crippen LogP) is 6.04. The number of urea groups is 1. The van der Waals surface area contributed by atoms with E-state index in [1.54, 1.807) is 13.2 Å². The lowest BCUT2D eigenvalue weighted by molar-refractivity contribution is 0.0131. The average molecular weight is 679 g/mol. The number of nitrogens with zero attached hydrogens (tertiary/aromatic N) is 2. The van der Waals surface area contributed by atoms with Gasteiger partial charge in [-0.25, -0.2) is 13.4 Å². The van der Waals surface area contributed by atoms with Crippen molar-refractivity contribution in [2.45, 2.75) is 82.5 Å². The number of nitrogens with one attached hydrogen (secondary N) is 2. The molecule has 48 heavy (non-hydrogen) atoms. The largest absolute Gasteiger partial charge is 0.490 e. The van der Waals surface area contributed by atoms with E-state index in [0.717, 1.165) is 50.9 Å². The van der Waals surface area contributed by atoms with Gasteiger partial charge < -0.3 is 19.7 Å². The van der Waals surface area contributed by atoms with E-state index in [0.29, 0.717) is 30.6 Å². The number of amides is 3. The quantitative estimate of drug-likeness (QED) is 0.384. The van der Waals surface area contributed by atoms with E-state index in [1.807, 2.05) is 19.1 Å². The first-order valence-corrected chi connectivity index (χ1v) is 19.1. The molecule has 2 bridgehead atoms. The van der Waals surface area contributed by atoms with Crippen molar-refractivity contribution in [3.63, 3.8) is 0 Å². The van der Waals surface area contributed by atoms with Gasteiger partial charge in [-0.15, -0.1) is 4.36 Å². The molecule has 5 aliphatic rings. The molecule has 3 aliphatic carbocycles. The minimum atomic E-state index is -3.55. The number of methoxy groups -OCH3 is 1. The number of alkyl halides is 1. The molecule has 258 valence electrons. The van der Waals surface area contributed by atoms with Crippen molar-refractivity contribution in [3.8, 4) is 5.75 Å². The summed E-state index contributed by atoms with van der Waals surface area (Å²) in [4.78, 5) is 29.0. The first-order chi connectivity index (χ1) is 23.0. The van der Waals surface area contributed by atoms with Crippen molar-refractivity contribution >= 4 is 27.5 Å². The van der Waals surface area contributed by atoms with E-state index in [9.17, 15) is 18.2 Å². The summed E-state index contributed by atoms with van der Waals surface area (Å²) in [5.41, 5.74) is 4.87. The highest BCUT2D eigenvalue weighted by Crippen LogP contribution is 2.47. The number of fused-ring (bicyclic) bond motifs is 4. The maximum absolute atomic E-state index is 14.2. The molecule has 2 aliphatic heterocycles. The van der Waals surface area contributed by atoms with Crippen molar-refractivity contribution < 1.29 is 27.7 Å². The number of rotatable bonds is 3. The van der Waals surface area contributed by atoms with Gasteiger partial charge in [-0.05, 0) is 92.5 Å². The first kappa shape index (κ1) is 33.1. The smallest absolute Gasteiger partial charge is 0.327 e. The molecule has 2 aromatic rings. The van der Waals surface area contributed by atoms with Crippen LogP contribution >= 0.6 is 0 Å². The molecule has 2 saturated carbocycles. The van der Waals surface area contributed by atoms with E-state index in [2.05, 4.69) is 56.6 Å².